The van der Waals surface area contributed by atoms with Gasteiger partial charge >= 0.3 is 5.97 Å². The number of carbonyl (C=O) groups is 1. The van der Waals surface area contributed by atoms with Crippen LogP contribution in [0, 0.1) is 0 Å². The normalized spacial score (nSPS) is 23.6. The van der Waals surface area contributed by atoms with Gasteiger partial charge in [0.15, 0.2) is 20.4 Å². The van der Waals surface area contributed by atoms with E-state index in [1.807, 2.05) is 0 Å². The second-order valence-corrected chi connectivity index (χ2v) is 3.03. The van der Waals surface area contributed by atoms with Gasteiger partial charge in [-0.2, -0.15) is 0 Å². The Labute approximate surface area is 87.4 Å². The first-order valence-corrected chi connectivity index (χ1v) is 4.46. The highest BCUT2D eigenvalue weighted by atomic mass is 16.8. The van der Waals surface area contributed by atoms with E-state index in [0.29, 0.717) is 33.4 Å². The molecule has 0 aromatic heterocycles. The molecule has 0 radical (unpaired) electrons. The summed E-state index contributed by atoms with van der Waals surface area (Å²) in [4.78, 5) is 10.1. The fourth-order valence-electron chi connectivity index (χ4n) is 0.827. The largest absolute Gasteiger partial charge is 0.478 e. The second kappa shape index (κ2) is 6.52. The van der Waals surface area contributed by atoms with Crippen LogP contribution in [0.25, 0.3) is 0 Å². The highest BCUT2D eigenvalue weighted by molar-refractivity contribution is 5.85. The van der Waals surface area contributed by atoms with E-state index in [1.165, 1.54) is 0 Å². The molecule has 0 saturated carbocycles. The Kier molecular flexibility index (Phi) is 5.27. The van der Waals surface area contributed by atoms with E-state index >= 15 is 0 Å². The van der Waals surface area contributed by atoms with E-state index in [-0.39, 0.29) is 11.7 Å². The summed E-state index contributed by atoms with van der Waals surface area (Å²) in [5.41, 5.74) is 0.234. The standard InChI is InChI=1S/C6H8O3.C3H6O3/c1-4(6(7)8)2-5-3-9-5;1-4-2-6-3-5-1/h5H,1-3H2,(H,7,8);1-3H2. The van der Waals surface area contributed by atoms with E-state index in [2.05, 4.69) is 20.8 Å². The van der Waals surface area contributed by atoms with Crippen LogP contribution in [0.2, 0.25) is 0 Å². The van der Waals surface area contributed by atoms with Gasteiger partial charge in [0.25, 0.3) is 0 Å². The highest BCUT2D eigenvalue weighted by Crippen LogP contribution is 2.17. The van der Waals surface area contributed by atoms with E-state index in [0.717, 1.165) is 0 Å². The zero-order valence-corrected chi connectivity index (χ0v) is 8.31. The molecule has 6 heteroatoms. The number of aliphatic carboxylic acids is 1. The third-order valence-electron chi connectivity index (χ3n) is 1.68. The topological polar surface area (TPSA) is 77.5 Å². The van der Waals surface area contributed by atoms with Crippen molar-refractivity contribution in [2.24, 2.45) is 0 Å². The SMILES string of the molecule is C1OCOCO1.C=C(CC1CO1)C(=O)O. The lowest BCUT2D eigenvalue weighted by molar-refractivity contribution is -0.247. The number of hydrogen-bond donors (Lipinski definition) is 1. The summed E-state index contributed by atoms with van der Waals surface area (Å²) in [5.74, 6) is -0.925. The first-order chi connectivity index (χ1) is 7.20. The Bertz CT molecular complexity index is 207. The second-order valence-electron chi connectivity index (χ2n) is 3.03. The average molecular weight is 218 g/mol. The van der Waals surface area contributed by atoms with Gasteiger partial charge in [-0.25, -0.2) is 4.79 Å². The maximum absolute atomic E-state index is 10.1. The third-order valence-corrected chi connectivity index (χ3v) is 1.68. The van der Waals surface area contributed by atoms with Crippen molar-refractivity contribution in [1.29, 1.82) is 0 Å². The van der Waals surface area contributed by atoms with Crippen molar-refractivity contribution in [3.8, 4) is 0 Å². The van der Waals surface area contributed by atoms with Crippen LogP contribution in [0.4, 0.5) is 0 Å². The number of epoxide rings is 1. The quantitative estimate of drug-likeness (QED) is 0.543. The monoisotopic (exact) mass is 218 g/mol. The summed E-state index contributed by atoms with van der Waals surface area (Å²) < 4.78 is 18.7. The molecule has 1 N–H and O–H groups in total. The number of carboxylic acid groups (broad SMARTS) is 1. The van der Waals surface area contributed by atoms with Gasteiger partial charge in [-0.3, -0.25) is 0 Å². The fraction of sp³-hybridized carbons (Fsp3) is 0.667. The number of rotatable bonds is 3. The Morgan fingerprint density at radius 2 is 1.73 bits per heavy atom. The van der Waals surface area contributed by atoms with Crippen LogP contribution in [0.1, 0.15) is 6.42 Å². The van der Waals surface area contributed by atoms with E-state index < -0.39 is 5.97 Å². The van der Waals surface area contributed by atoms with Crippen molar-refractivity contribution in [1.82, 2.24) is 0 Å². The molecule has 0 amide bonds. The molecule has 0 bridgehead atoms. The molecule has 2 aliphatic rings. The van der Waals surface area contributed by atoms with Crippen molar-refractivity contribution in [2.75, 3.05) is 27.0 Å². The van der Waals surface area contributed by atoms with E-state index in [9.17, 15) is 4.79 Å². The first kappa shape index (κ1) is 12.1. The average Bonchev–Trinajstić information content (AvgIpc) is 3.05. The van der Waals surface area contributed by atoms with E-state index in [4.69, 9.17) is 9.84 Å². The van der Waals surface area contributed by atoms with Gasteiger partial charge in [-0.05, 0) is 0 Å². The molecular weight excluding hydrogens is 204 g/mol. The van der Waals surface area contributed by atoms with Gasteiger partial charge in [-0.1, -0.05) is 6.58 Å². The smallest absolute Gasteiger partial charge is 0.331 e. The van der Waals surface area contributed by atoms with Crippen LogP contribution < -0.4 is 0 Å². The lowest BCUT2D eigenvalue weighted by Crippen LogP contribution is -2.14. The molecule has 1 unspecified atom stereocenters. The molecule has 2 heterocycles. The minimum Gasteiger partial charge on any atom is -0.478 e. The van der Waals surface area contributed by atoms with Crippen molar-refractivity contribution in [3.05, 3.63) is 12.2 Å². The van der Waals surface area contributed by atoms with Gasteiger partial charge in [0, 0.05) is 12.0 Å². The summed E-state index contributed by atoms with van der Waals surface area (Å²) in [6.07, 6.45) is 0.601. The lowest BCUT2D eigenvalue weighted by Gasteiger charge is -2.10. The van der Waals surface area contributed by atoms with Crippen molar-refractivity contribution >= 4 is 5.97 Å². The van der Waals surface area contributed by atoms with Gasteiger partial charge in [0.1, 0.15) is 0 Å². The molecule has 86 valence electrons. The van der Waals surface area contributed by atoms with Crippen molar-refractivity contribution in [3.63, 3.8) is 0 Å². The van der Waals surface area contributed by atoms with Crippen LogP contribution >= 0.6 is 0 Å². The molecule has 0 aliphatic carbocycles. The third kappa shape index (κ3) is 6.19. The number of carboxylic acids is 1. The maximum atomic E-state index is 10.1. The number of hydrogen-bond acceptors (Lipinski definition) is 5. The maximum Gasteiger partial charge on any atom is 0.331 e. The van der Waals surface area contributed by atoms with Crippen LogP contribution in [0.15, 0.2) is 12.2 Å². The van der Waals surface area contributed by atoms with Gasteiger partial charge < -0.3 is 24.1 Å². The summed E-state index contributed by atoms with van der Waals surface area (Å²) in [5, 5.41) is 8.30. The summed E-state index contributed by atoms with van der Waals surface area (Å²) in [7, 11) is 0. The molecule has 0 aromatic carbocycles. The summed E-state index contributed by atoms with van der Waals surface area (Å²) in [6.45, 7) is 5.17. The zero-order chi connectivity index (χ0) is 11.1. The van der Waals surface area contributed by atoms with Gasteiger partial charge in [0.05, 0.1) is 12.7 Å². The summed E-state index contributed by atoms with van der Waals surface area (Å²) in [6, 6.07) is 0. The zero-order valence-electron chi connectivity index (χ0n) is 8.31. The molecular formula is C9H14O6. The van der Waals surface area contributed by atoms with Gasteiger partial charge in [-0.15, -0.1) is 0 Å². The Hall–Kier alpha value is -0.950. The molecule has 2 fully saturated rings. The number of ether oxygens (including phenoxy) is 4. The predicted octanol–water partition coefficient (Wildman–Crippen LogP) is 0.338. The molecule has 0 spiro atoms. The Morgan fingerprint density at radius 3 is 2.00 bits per heavy atom. The minimum absolute atomic E-state index is 0.133. The molecule has 15 heavy (non-hydrogen) atoms. The summed E-state index contributed by atoms with van der Waals surface area (Å²) >= 11 is 0. The minimum atomic E-state index is -0.925. The fourth-order valence-corrected chi connectivity index (χ4v) is 0.827. The van der Waals surface area contributed by atoms with Crippen molar-refractivity contribution in [2.45, 2.75) is 12.5 Å². The van der Waals surface area contributed by atoms with Crippen LogP contribution in [0.3, 0.4) is 0 Å². The Balaban J connectivity index is 0.000000162. The Morgan fingerprint density at radius 1 is 1.27 bits per heavy atom. The molecule has 6 nitrogen and oxygen atoms in total. The molecule has 2 saturated heterocycles. The van der Waals surface area contributed by atoms with Crippen LogP contribution in [-0.2, 0) is 23.7 Å². The molecule has 2 rings (SSSR count). The predicted molar refractivity (Wildman–Crippen MR) is 49.0 cm³/mol. The lowest BCUT2D eigenvalue weighted by atomic mass is 10.2. The highest BCUT2D eigenvalue weighted by Gasteiger charge is 2.24. The van der Waals surface area contributed by atoms with Crippen LogP contribution in [0.5, 0.6) is 0 Å². The van der Waals surface area contributed by atoms with E-state index in [1.54, 1.807) is 0 Å². The first-order valence-electron chi connectivity index (χ1n) is 4.46. The molecule has 1 atom stereocenters. The molecule has 2 aliphatic heterocycles. The molecule has 0 aromatic rings. The van der Waals surface area contributed by atoms with Gasteiger partial charge in [0.2, 0.25) is 0 Å². The van der Waals surface area contributed by atoms with Crippen molar-refractivity contribution < 1.29 is 28.8 Å². The van der Waals surface area contributed by atoms with Crippen LogP contribution in [-0.4, -0.2) is 44.2 Å².